The molecule has 2 aromatic carbocycles. The van der Waals surface area contributed by atoms with Crippen molar-refractivity contribution in [2.24, 2.45) is 0 Å². The van der Waals surface area contributed by atoms with Crippen LogP contribution in [0.4, 0.5) is 0 Å². The van der Waals surface area contributed by atoms with Crippen molar-refractivity contribution < 1.29 is 19.1 Å². The predicted molar refractivity (Wildman–Crippen MR) is 123 cm³/mol. The number of nitrogens with zero attached hydrogens (tertiary/aromatic N) is 1. The molecule has 6 nitrogen and oxygen atoms in total. The van der Waals surface area contributed by atoms with Crippen LogP contribution in [0.2, 0.25) is 0 Å². The molecule has 0 unspecified atom stereocenters. The Morgan fingerprint density at radius 3 is 2.47 bits per heavy atom. The van der Waals surface area contributed by atoms with E-state index < -0.39 is 11.5 Å². The van der Waals surface area contributed by atoms with Crippen LogP contribution in [0.25, 0.3) is 0 Å². The van der Waals surface area contributed by atoms with Gasteiger partial charge in [0.25, 0.3) is 5.91 Å². The van der Waals surface area contributed by atoms with E-state index in [1.54, 1.807) is 14.2 Å². The van der Waals surface area contributed by atoms with Crippen molar-refractivity contribution in [3.63, 3.8) is 0 Å². The lowest BCUT2D eigenvalue weighted by molar-refractivity contribution is -0.127. The summed E-state index contributed by atoms with van der Waals surface area (Å²) in [5.41, 5.74) is 1.98. The summed E-state index contributed by atoms with van der Waals surface area (Å²) in [6, 6.07) is 15.3. The molecule has 4 rings (SSSR count). The van der Waals surface area contributed by atoms with E-state index in [0.29, 0.717) is 25.3 Å². The Kier molecular flexibility index (Phi) is 6.80. The minimum atomic E-state index is -0.508. The van der Waals surface area contributed by atoms with Gasteiger partial charge in [-0.15, -0.1) is 0 Å². The molecule has 6 heteroatoms. The van der Waals surface area contributed by atoms with Gasteiger partial charge in [-0.05, 0) is 42.2 Å². The average Bonchev–Trinajstić information content (AvgIpc) is 2.83. The van der Waals surface area contributed by atoms with E-state index in [9.17, 15) is 9.59 Å². The number of benzene rings is 2. The molecule has 1 spiro atoms. The Labute approximate surface area is 189 Å². The molecule has 0 bridgehead atoms. The van der Waals surface area contributed by atoms with Crippen molar-refractivity contribution in [2.75, 3.05) is 27.4 Å². The topological polar surface area (TPSA) is 67.9 Å². The highest BCUT2D eigenvalue weighted by Gasteiger charge is 2.54. The maximum atomic E-state index is 13.8. The fraction of sp³-hybridized carbons (Fsp3) is 0.462. The number of amides is 2. The van der Waals surface area contributed by atoms with Gasteiger partial charge in [0, 0.05) is 25.8 Å². The van der Waals surface area contributed by atoms with Crippen LogP contribution < -0.4 is 10.1 Å². The maximum Gasteiger partial charge on any atom is 0.254 e. The number of nitrogens with one attached hydrogen (secondary N) is 1. The molecular formula is C26H32N2O4. The lowest BCUT2D eigenvalue weighted by Gasteiger charge is -2.53. The van der Waals surface area contributed by atoms with Crippen LogP contribution >= 0.6 is 0 Å². The first kappa shape index (κ1) is 22.3. The molecular weight excluding hydrogens is 404 g/mol. The van der Waals surface area contributed by atoms with Gasteiger partial charge in [0.15, 0.2) is 0 Å². The Hall–Kier alpha value is -2.86. The van der Waals surface area contributed by atoms with E-state index in [1.165, 1.54) is 0 Å². The van der Waals surface area contributed by atoms with E-state index in [0.717, 1.165) is 49.0 Å². The van der Waals surface area contributed by atoms with Crippen molar-refractivity contribution in [2.45, 2.75) is 50.1 Å². The number of fused-ring (bicyclic) bond motifs is 1. The summed E-state index contributed by atoms with van der Waals surface area (Å²) in [6.07, 6.45) is 4.83. The third-order valence-electron chi connectivity index (χ3n) is 6.95. The quantitative estimate of drug-likeness (QED) is 0.715. The highest BCUT2D eigenvalue weighted by atomic mass is 16.5. The van der Waals surface area contributed by atoms with Gasteiger partial charge < -0.3 is 19.7 Å². The normalized spacial score (nSPS) is 19.5. The lowest BCUT2D eigenvalue weighted by atomic mass is 9.65. The zero-order chi connectivity index (χ0) is 22.6. The van der Waals surface area contributed by atoms with Gasteiger partial charge in [-0.3, -0.25) is 9.59 Å². The van der Waals surface area contributed by atoms with Gasteiger partial charge in [-0.2, -0.15) is 0 Å². The van der Waals surface area contributed by atoms with Crippen LogP contribution in [-0.2, 0) is 16.1 Å². The largest absolute Gasteiger partial charge is 0.497 e. The van der Waals surface area contributed by atoms with Crippen molar-refractivity contribution in [3.05, 3.63) is 65.2 Å². The predicted octanol–water partition coefficient (Wildman–Crippen LogP) is 3.90. The van der Waals surface area contributed by atoms with E-state index in [4.69, 9.17) is 9.47 Å². The van der Waals surface area contributed by atoms with Crippen LogP contribution in [0.1, 0.15) is 59.5 Å². The van der Waals surface area contributed by atoms with Crippen LogP contribution in [-0.4, -0.2) is 49.6 Å². The molecule has 2 amide bonds. The Morgan fingerprint density at radius 1 is 1.06 bits per heavy atom. The van der Waals surface area contributed by atoms with Gasteiger partial charge in [0.1, 0.15) is 5.75 Å². The first-order chi connectivity index (χ1) is 15.6. The summed E-state index contributed by atoms with van der Waals surface area (Å²) in [7, 11) is 3.28. The highest BCUT2D eigenvalue weighted by Crippen LogP contribution is 2.49. The summed E-state index contributed by atoms with van der Waals surface area (Å²) in [4.78, 5) is 29.2. The summed E-state index contributed by atoms with van der Waals surface area (Å²) in [6.45, 7) is 1.38. The van der Waals surface area contributed by atoms with Gasteiger partial charge in [-0.1, -0.05) is 49.6 Å². The molecule has 0 aromatic heterocycles. The minimum Gasteiger partial charge on any atom is -0.497 e. The van der Waals surface area contributed by atoms with Crippen molar-refractivity contribution >= 4 is 11.8 Å². The third kappa shape index (κ3) is 4.11. The minimum absolute atomic E-state index is 0.0127. The maximum absolute atomic E-state index is 13.8. The number of rotatable bonds is 7. The standard InChI is InChI=1S/C26H32N2O4/c1-31-17-16-28-25(30)22-9-5-4-8-21(22)23(26(28)14-6-3-7-15-26)24(29)27-18-19-10-12-20(32-2)13-11-19/h4-5,8-13,23H,3,6-7,14-18H2,1-2H3,(H,27,29)/t23-/m1/s1. The van der Waals surface area contributed by atoms with Crippen LogP contribution in [0.5, 0.6) is 5.75 Å². The molecule has 1 aliphatic heterocycles. The number of ether oxygens (including phenoxy) is 2. The van der Waals surface area contributed by atoms with Gasteiger partial charge in [-0.25, -0.2) is 0 Å². The van der Waals surface area contributed by atoms with Gasteiger partial charge >= 0.3 is 0 Å². The van der Waals surface area contributed by atoms with Crippen molar-refractivity contribution in [1.82, 2.24) is 10.2 Å². The zero-order valence-electron chi connectivity index (χ0n) is 18.9. The molecule has 32 heavy (non-hydrogen) atoms. The van der Waals surface area contributed by atoms with E-state index in [2.05, 4.69) is 5.32 Å². The first-order valence-corrected chi connectivity index (χ1v) is 11.4. The zero-order valence-corrected chi connectivity index (χ0v) is 18.9. The molecule has 1 atom stereocenters. The molecule has 1 saturated carbocycles. The summed E-state index contributed by atoms with van der Waals surface area (Å²) >= 11 is 0. The molecule has 1 aliphatic carbocycles. The number of hydrogen-bond acceptors (Lipinski definition) is 4. The molecule has 170 valence electrons. The van der Waals surface area contributed by atoms with Crippen LogP contribution in [0.15, 0.2) is 48.5 Å². The smallest absolute Gasteiger partial charge is 0.254 e. The Morgan fingerprint density at radius 2 is 1.78 bits per heavy atom. The summed E-state index contributed by atoms with van der Waals surface area (Å²) in [5.74, 6) is 0.380. The first-order valence-electron chi connectivity index (χ1n) is 11.4. The Balaban J connectivity index is 1.67. The molecule has 1 heterocycles. The molecule has 2 aromatic rings. The second-order valence-corrected chi connectivity index (χ2v) is 8.70. The number of hydrogen-bond donors (Lipinski definition) is 1. The van der Waals surface area contributed by atoms with Crippen molar-refractivity contribution in [1.29, 1.82) is 0 Å². The molecule has 0 saturated heterocycles. The van der Waals surface area contributed by atoms with Crippen LogP contribution in [0, 0.1) is 0 Å². The van der Waals surface area contributed by atoms with Crippen LogP contribution in [0.3, 0.4) is 0 Å². The van der Waals surface area contributed by atoms with Gasteiger partial charge in [0.2, 0.25) is 5.91 Å². The highest BCUT2D eigenvalue weighted by molar-refractivity contribution is 6.02. The third-order valence-corrected chi connectivity index (χ3v) is 6.95. The molecule has 1 N–H and O–H groups in total. The second-order valence-electron chi connectivity index (χ2n) is 8.70. The van der Waals surface area contributed by atoms with E-state index in [1.807, 2.05) is 53.4 Å². The number of carbonyl (C=O) groups excluding carboxylic acids is 2. The fourth-order valence-electron chi connectivity index (χ4n) is 5.39. The van der Waals surface area contributed by atoms with E-state index >= 15 is 0 Å². The fourth-order valence-corrected chi connectivity index (χ4v) is 5.39. The second kappa shape index (κ2) is 9.74. The monoisotopic (exact) mass is 436 g/mol. The average molecular weight is 437 g/mol. The number of methoxy groups -OCH3 is 2. The Bertz CT molecular complexity index is 951. The number of carbonyl (C=O) groups is 2. The van der Waals surface area contributed by atoms with E-state index in [-0.39, 0.29) is 11.8 Å². The molecule has 0 radical (unpaired) electrons. The van der Waals surface area contributed by atoms with Gasteiger partial charge in [0.05, 0.1) is 25.2 Å². The lowest BCUT2D eigenvalue weighted by Crippen LogP contribution is -2.63. The molecule has 1 fully saturated rings. The summed E-state index contributed by atoms with van der Waals surface area (Å²) < 4.78 is 10.6. The SMILES string of the molecule is COCCN1C(=O)c2ccccc2[C@H](C(=O)NCc2ccc(OC)cc2)C12CCCCC2. The summed E-state index contributed by atoms with van der Waals surface area (Å²) in [5, 5.41) is 3.16. The molecule has 2 aliphatic rings. The van der Waals surface area contributed by atoms with Crippen molar-refractivity contribution in [3.8, 4) is 5.75 Å².